The van der Waals surface area contributed by atoms with E-state index in [0.29, 0.717) is 5.82 Å². The maximum atomic E-state index is 12.6. The summed E-state index contributed by atoms with van der Waals surface area (Å²) in [4.78, 5) is 28.0. The fourth-order valence-corrected chi connectivity index (χ4v) is 11.5. The molecule has 0 radical (unpaired) electrons. The molecule has 9 aromatic carbocycles. The van der Waals surface area contributed by atoms with Crippen molar-refractivity contribution in [3.63, 3.8) is 0 Å². The SMILES string of the molecule is O[P+](c1ccccc1)(c1ccccc1)c1ccc(-c2cc(-c3cccc(-c4ccc(-c5cccc6c(-c7ccccc7)nc7ccccc7c56)cc4)c3)nc(-c3ccccc3)n2)cc1. The average Bonchev–Trinajstić information content (AvgIpc) is 3.39. The van der Waals surface area contributed by atoms with E-state index in [9.17, 15) is 4.89 Å². The number of hydrogen-bond acceptors (Lipinski definition) is 4. The van der Waals surface area contributed by atoms with Crippen molar-refractivity contribution in [1.29, 1.82) is 0 Å². The standard InChI is InChI=1S/C59H41N3OP/c63-64(48-23-9-3-10-24-48,49-25-11-4-12-26-49)50-37-35-43(36-38-50)55-40-56(62-59(61-55)45-19-7-2-8-20-45)47-22-15-21-46(39-47)41-31-33-42(34-32-41)51-28-16-29-53-57(51)52-27-13-14-30-54(52)60-58(53)44-17-5-1-6-18-44/h1-40,63H/q+1. The maximum absolute atomic E-state index is 12.6. The monoisotopic (exact) mass is 838 g/mol. The summed E-state index contributed by atoms with van der Waals surface area (Å²) in [5.41, 5.74) is 12.1. The van der Waals surface area contributed by atoms with Gasteiger partial charge in [0.1, 0.15) is 15.9 Å². The molecule has 0 saturated heterocycles. The Bertz CT molecular complexity index is 3380. The molecule has 302 valence electrons. The molecule has 0 aliphatic heterocycles. The van der Waals surface area contributed by atoms with Gasteiger partial charge >= 0.3 is 0 Å². The molecule has 4 nitrogen and oxygen atoms in total. The minimum absolute atomic E-state index is 0.651. The zero-order valence-electron chi connectivity index (χ0n) is 34.8. The lowest BCUT2D eigenvalue weighted by atomic mass is 9.92. The summed E-state index contributed by atoms with van der Waals surface area (Å²) in [7, 11) is -2.88. The summed E-state index contributed by atoms with van der Waals surface area (Å²) >= 11 is 0. The molecule has 0 amide bonds. The Hall–Kier alpha value is -7.88. The summed E-state index contributed by atoms with van der Waals surface area (Å²) in [5, 5.41) is 6.19. The minimum atomic E-state index is -2.88. The molecule has 0 unspecified atom stereocenters. The maximum Gasteiger partial charge on any atom is 0.238 e. The van der Waals surface area contributed by atoms with Crippen molar-refractivity contribution in [1.82, 2.24) is 15.0 Å². The van der Waals surface area contributed by atoms with Crippen molar-refractivity contribution in [3.8, 4) is 67.4 Å². The second kappa shape index (κ2) is 16.8. The van der Waals surface area contributed by atoms with Gasteiger partial charge < -0.3 is 0 Å². The van der Waals surface area contributed by atoms with Gasteiger partial charge in [-0.1, -0.05) is 176 Å². The highest BCUT2D eigenvalue weighted by atomic mass is 31.2. The quantitative estimate of drug-likeness (QED) is 0.116. The van der Waals surface area contributed by atoms with E-state index in [1.165, 1.54) is 10.9 Å². The summed E-state index contributed by atoms with van der Waals surface area (Å²) in [5.74, 6) is 0.651. The average molecular weight is 839 g/mol. The van der Waals surface area contributed by atoms with Crippen LogP contribution in [0.2, 0.25) is 0 Å². The fourth-order valence-electron chi connectivity index (χ4n) is 8.80. The number of nitrogens with zero attached hydrogens (tertiary/aromatic N) is 3. The van der Waals surface area contributed by atoms with Crippen molar-refractivity contribution < 1.29 is 4.89 Å². The molecule has 0 spiro atoms. The van der Waals surface area contributed by atoms with Crippen LogP contribution in [0.1, 0.15) is 0 Å². The van der Waals surface area contributed by atoms with Gasteiger partial charge in [0, 0.05) is 38.4 Å². The minimum Gasteiger partial charge on any atom is -0.247 e. The van der Waals surface area contributed by atoms with E-state index in [2.05, 4.69) is 146 Å². The molecular formula is C59H41N3OP+. The molecule has 0 aliphatic carbocycles. The number of pyridine rings is 1. The predicted octanol–water partition coefficient (Wildman–Crippen LogP) is 13.4. The Balaban J connectivity index is 0.962. The van der Waals surface area contributed by atoms with Gasteiger partial charge in [0.05, 0.1) is 22.6 Å². The van der Waals surface area contributed by atoms with Crippen LogP contribution in [0.3, 0.4) is 0 Å². The number of aromatic nitrogens is 3. The summed E-state index contributed by atoms with van der Waals surface area (Å²) in [6.45, 7) is 0. The van der Waals surface area contributed by atoms with Crippen LogP contribution in [-0.4, -0.2) is 19.8 Å². The lowest BCUT2D eigenvalue weighted by Crippen LogP contribution is -2.30. The van der Waals surface area contributed by atoms with E-state index in [1.807, 2.05) is 97.1 Å². The van der Waals surface area contributed by atoms with Crippen LogP contribution >= 0.6 is 7.49 Å². The number of benzene rings is 9. The highest BCUT2D eigenvalue weighted by Gasteiger charge is 2.44. The van der Waals surface area contributed by atoms with Crippen LogP contribution in [0.15, 0.2) is 243 Å². The molecule has 11 rings (SSSR count). The first-order chi connectivity index (χ1) is 31.6. The molecule has 5 heteroatoms. The first-order valence-corrected chi connectivity index (χ1v) is 23.2. The van der Waals surface area contributed by atoms with E-state index in [4.69, 9.17) is 15.0 Å². The summed E-state index contributed by atoms with van der Waals surface area (Å²) in [6.07, 6.45) is 0. The molecular weight excluding hydrogens is 798 g/mol. The van der Waals surface area contributed by atoms with E-state index < -0.39 is 7.49 Å². The molecule has 64 heavy (non-hydrogen) atoms. The van der Waals surface area contributed by atoms with Gasteiger partial charge in [0.2, 0.25) is 7.49 Å². The zero-order chi connectivity index (χ0) is 42.9. The Labute approximate surface area is 373 Å². The molecule has 0 aliphatic rings. The highest BCUT2D eigenvalue weighted by Crippen LogP contribution is 2.51. The number of fused-ring (bicyclic) bond motifs is 3. The molecule has 2 aromatic heterocycles. The van der Waals surface area contributed by atoms with Crippen LogP contribution in [-0.2, 0) is 0 Å². The Morgan fingerprint density at radius 1 is 0.312 bits per heavy atom. The summed E-state index contributed by atoms with van der Waals surface area (Å²) < 4.78 is 0. The third kappa shape index (κ3) is 7.25. The number of para-hydroxylation sites is 1. The van der Waals surface area contributed by atoms with Gasteiger partial charge in [-0.2, -0.15) is 0 Å². The lowest BCUT2D eigenvalue weighted by Gasteiger charge is -2.20. The smallest absolute Gasteiger partial charge is 0.238 e. The summed E-state index contributed by atoms with van der Waals surface area (Å²) in [6, 6.07) is 83.4. The van der Waals surface area contributed by atoms with Gasteiger partial charge in [-0.15, -0.1) is 0 Å². The second-order valence-corrected chi connectivity index (χ2v) is 18.7. The van der Waals surface area contributed by atoms with E-state index >= 15 is 0 Å². The third-order valence-electron chi connectivity index (χ3n) is 12.0. The van der Waals surface area contributed by atoms with Gasteiger partial charge in [0.25, 0.3) is 0 Å². The van der Waals surface area contributed by atoms with E-state index in [-0.39, 0.29) is 0 Å². The van der Waals surface area contributed by atoms with Gasteiger partial charge in [0.15, 0.2) is 5.82 Å². The second-order valence-electron chi connectivity index (χ2n) is 15.9. The Morgan fingerprint density at radius 3 is 1.47 bits per heavy atom. The normalized spacial score (nSPS) is 11.5. The van der Waals surface area contributed by atoms with Crippen LogP contribution < -0.4 is 15.9 Å². The highest BCUT2D eigenvalue weighted by molar-refractivity contribution is 7.91. The third-order valence-corrected chi connectivity index (χ3v) is 15.2. The lowest BCUT2D eigenvalue weighted by molar-refractivity contribution is 0.633. The van der Waals surface area contributed by atoms with Gasteiger partial charge in [-0.3, -0.25) is 0 Å². The topological polar surface area (TPSA) is 58.9 Å². The first-order valence-electron chi connectivity index (χ1n) is 21.5. The van der Waals surface area contributed by atoms with E-state index in [0.717, 1.165) is 88.2 Å². The Morgan fingerprint density at radius 2 is 0.797 bits per heavy atom. The van der Waals surface area contributed by atoms with Crippen LogP contribution in [0, 0.1) is 0 Å². The number of hydrogen-bond donors (Lipinski definition) is 1. The van der Waals surface area contributed by atoms with Crippen molar-refractivity contribution >= 4 is 45.1 Å². The van der Waals surface area contributed by atoms with Crippen molar-refractivity contribution in [2.45, 2.75) is 0 Å². The molecule has 0 atom stereocenters. The largest absolute Gasteiger partial charge is 0.247 e. The van der Waals surface area contributed by atoms with Crippen LogP contribution in [0.4, 0.5) is 0 Å². The molecule has 0 saturated carbocycles. The molecule has 2 heterocycles. The van der Waals surface area contributed by atoms with Gasteiger partial charge in [-0.05, 0) is 89.0 Å². The fraction of sp³-hybridized carbons (Fsp3) is 0. The zero-order valence-corrected chi connectivity index (χ0v) is 35.7. The molecule has 11 aromatic rings. The van der Waals surface area contributed by atoms with Crippen molar-refractivity contribution in [3.05, 3.63) is 243 Å². The Kier molecular flexibility index (Phi) is 10.2. The van der Waals surface area contributed by atoms with Crippen LogP contribution in [0.5, 0.6) is 0 Å². The molecule has 1 N–H and O–H groups in total. The van der Waals surface area contributed by atoms with Gasteiger partial charge in [-0.25, -0.2) is 19.8 Å². The first kappa shape index (κ1) is 39.0. The van der Waals surface area contributed by atoms with Crippen molar-refractivity contribution in [2.75, 3.05) is 0 Å². The predicted molar refractivity (Wildman–Crippen MR) is 268 cm³/mol. The molecule has 0 bridgehead atoms. The van der Waals surface area contributed by atoms with Crippen LogP contribution in [0.25, 0.3) is 89.1 Å². The molecule has 0 fully saturated rings. The number of rotatable bonds is 9. The van der Waals surface area contributed by atoms with E-state index in [1.54, 1.807) is 0 Å². The van der Waals surface area contributed by atoms with Crippen molar-refractivity contribution in [2.24, 2.45) is 0 Å².